The fourth-order valence-electron chi connectivity index (χ4n) is 1.14. The lowest BCUT2D eigenvalue weighted by molar-refractivity contribution is 0.0665. The number of carboxylic acid groups (broad SMARTS) is 1. The SMILES string of the molecule is O=C(O)c1cc2cc(O)ccc2o1. The number of hydrogen-bond donors (Lipinski definition) is 2. The van der Waals surface area contributed by atoms with Gasteiger partial charge in [0.25, 0.3) is 0 Å². The molecule has 2 N–H and O–H groups in total. The van der Waals surface area contributed by atoms with E-state index < -0.39 is 5.97 Å². The molecule has 0 spiro atoms. The van der Waals surface area contributed by atoms with Crippen LogP contribution in [0.1, 0.15) is 10.6 Å². The fourth-order valence-corrected chi connectivity index (χ4v) is 1.14. The molecule has 0 unspecified atom stereocenters. The summed E-state index contributed by atoms with van der Waals surface area (Å²) in [6, 6.07) is 5.79. The first kappa shape index (κ1) is 7.67. The second kappa shape index (κ2) is 2.52. The van der Waals surface area contributed by atoms with Crippen molar-refractivity contribution in [1.29, 1.82) is 0 Å². The van der Waals surface area contributed by atoms with Crippen molar-refractivity contribution in [3.8, 4) is 5.75 Å². The molecule has 0 fully saturated rings. The van der Waals surface area contributed by atoms with Crippen LogP contribution in [-0.4, -0.2) is 16.2 Å². The van der Waals surface area contributed by atoms with E-state index >= 15 is 0 Å². The number of phenols is 1. The molecule has 0 aliphatic carbocycles. The highest BCUT2D eigenvalue weighted by Gasteiger charge is 2.09. The third kappa shape index (κ3) is 1.22. The van der Waals surface area contributed by atoms with Crippen LogP contribution in [-0.2, 0) is 0 Å². The Morgan fingerprint density at radius 2 is 2.08 bits per heavy atom. The lowest BCUT2D eigenvalue weighted by atomic mass is 10.2. The molecule has 1 aromatic heterocycles. The average molecular weight is 178 g/mol. The molecule has 2 aromatic rings. The van der Waals surface area contributed by atoms with Gasteiger partial charge >= 0.3 is 5.97 Å². The van der Waals surface area contributed by atoms with Gasteiger partial charge in [0.05, 0.1) is 0 Å². The first-order chi connectivity index (χ1) is 6.16. The zero-order chi connectivity index (χ0) is 9.42. The average Bonchev–Trinajstić information content (AvgIpc) is 2.46. The van der Waals surface area contributed by atoms with Gasteiger partial charge in [0.2, 0.25) is 5.76 Å². The molecule has 0 aliphatic rings. The minimum atomic E-state index is -1.12. The first-order valence-electron chi connectivity index (χ1n) is 3.62. The van der Waals surface area contributed by atoms with Gasteiger partial charge in [-0.1, -0.05) is 0 Å². The number of hydrogen-bond acceptors (Lipinski definition) is 3. The molecule has 0 aliphatic heterocycles. The smallest absolute Gasteiger partial charge is 0.371 e. The van der Waals surface area contributed by atoms with Crippen LogP contribution in [0.15, 0.2) is 28.7 Å². The van der Waals surface area contributed by atoms with Gasteiger partial charge in [0.1, 0.15) is 11.3 Å². The van der Waals surface area contributed by atoms with E-state index in [1.165, 1.54) is 24.3 Å². The predicted octanol–water partition coefficient (Wildman–Crippen LogP) is 1.84. The Bertz CT molecular complexity index is 469. The zero-order valence-corrected chi connectivity index (χ0v) is 6.52. The molecular formula is C9H6O4. The van der Waals surface area contributed by atoms with Crippen molar-refractivity contribution < 1.29 is 19.4 Å². The molecule has 4 nitrogen and oxygen atoms in total. The van der Waals surface area contributed by atoms with Gasteiger partial charge in [-0.2, -0.15) is 0 Å². The molecule has 0 radical (unpaired) electrons. The standard InChI is InChI=1S/C9H6O4/c10-6-1-2-7-5(3-6)4-8(13-7)9(11)12/h1-4,10H,(H,11,12). The highest BCUT2D eigenvalue weighted by molar-refractivity contribution is 5.91. The lowest BCUT2D eigenvalue weighted by Gasteiger charge is -1.88. The summed E-state index contributed by atoms with van der Waals surface area (Å²) < 4.78 is 4.97. The summed E-state index contributed by atoms with van der Waals surface area (Å²) >= 11 is 0. The largest absolute Gasteiger partial charge is 0.508 e. The van der Waals surface area contributed by atoms with E-state index in [0.29, 0.717) is 11.0 Å². The highest BCUT2D eigenvalue weighted by Crippen LogP contribution is 2.23. The molecule has 0 amide bonds. The van der Waals surface area contributed by atoms with Crippen LogP contribution >= 0.6 is 0 Å². The van der Waals surface area contributed by atoms with E-state index in [0.717, 1.165) is 0 Å². The summed E-state index contributed by atoms with van der Waals surface area (Å²) in [5.41, 5.74) is 0.454. The van der Waals surface area contributed by atoms with E-state index in [9.17, 15) is 4.79 Å². The second-order valence-electron chi connectivity index (χ2n) is 2.64. The predicted molar refractivity (Wildman–Crippen MR) is 44.8 cm³/mol. The van der Waals surface area contributed by atoms with Gasteiger partial charge in [0.15, 0.2) is 0 Å². The normalized spacial score (nSPS) is 10.5. The molecule has 2 rings (SSSR count). The Hall–Kier alpha value is -1.97. The number of benzene rings is 1. The Labute approximate surface area is 73.0 Å². The van der Waals surface area contributed by atoms with Crippen molar-refractivity contribution in [1.82, 2.24) is 0 Å². The summed E-state index contributed by atoms with van der Waals surface area (Å²) in [5, 5.41) is 18.3. The van der Waals surface area contributed by atoms with Crippen molar-refractivity contribution in [2.24, 2.45) is 0 Å². The summed E-state index contributed by atoms with van der Waals surface area (Å²) in [6.07, 6.45) is 0. The highest BCUT2D eigenvalue weighted by atomic mass is 16.4. The van der Waals surface area contributed by atoms with Crippen LogP contribution in [0.5, 0.6) is 5.75 Å². The molecular weight excluding hydrogens is 172 g/mol. The van der Waals surface area contributed by atoms with Crippen molar-refractivity contribution >= 4 is 16.9 Å². The first-order valence-corrected chi connectivity index (χ1v) is 3.62. The van der Waals surface area contributed by atoms with Crippen molar-refractivity contribution in [3.63, 3.8) is 0 Å². The lowest BCUT2D eigenvalue weighted by Crippen LogP contribution is -1.91. The number of carboxylic acids is 1. The van der Waals surface area contributed by atoms with Crippen LogP contribution in [0.25, 0.3) is 11.0 Å². The van der Waals surface area contributed by atoms with E-state index in [2.05, 4.69) is 0 Å². The van der Waals surface area contributed by atoms with Crippen molar-refractivity contribution in [2.45, 2.75) is 0 Å². The van der Waals surface area contributed by atoms with Gasteiger partial charge in [-0.25, -0.2) is 4.79 Å². The van der Waals surface area contributed by atoms with Gasteiger partial charge in [-0.15, -0.1) is 0 Å². The Balaban J connectivity index is 2.68. The topological polar surface area (TPSA) is 70.7 Å². The van der Waals surface area contributed by atoms with Gasteiger partial charge in [-0.3, -0.25) is 0 Å². The zero-order valence-electron chi connectivity index (χ0n) is 6.52. The summed E-state index contributed by atoms with van der Waals surface area (Å²) in [7, 11) is 0. The maximum absolute atomic E-state index is 10.5. The maximum Gasteiger partial charge on any atom is 0.371 e. The van der Waals surface area contributed by atoms with Crippen LogP contribution in [0.3, 0.4) is 0 Å². The molecule has 0 atom stereocenters. The molecule has 13 heavy (non-hydrogen) atoms. The van der Waals surface area contributed by atoms with E-state index in [1.54, 1.807) is 0 Å². The Morgan fingerprint density at radius 3 is 2.77 bits per heavy atom. The minimum absolute atomic E-state index is 0.0882. The number of aromatic hydroxyl groups is 1. The number of rotatable bonds is 1. The summed E-state index contributed by atoms with van der Waals surface area (Å²) in [4.78, 5) is 10.5. The number of fused-ring (bicyclic) bond motifs is 1. The minimum Gasteiger partial charge on any atom is -0.508 e. The number of furan rings is 1. The number of aromatic carboxylic acids is 1. The third-order valence-electron chi connectivity index (χ3n) is 1.71. The fraction of sp³-hybridized carbons (Fsp3) is 0. The number of phenolic OH excluding ortho intramolecular Hbond substituents is 1. The molecule has 0 saturated carbocycles. The molecule has 1 heterocycles. The van der Waals surface area contributed by atoms with E-state index in [4.69, 9.17) is 14.6 Å². The summed E-state index contributed by atoms with van der Waals surface area (Å²) in [6.45, 7) is 0. The molecule has 66 valence electrons. The second-order valence-corrected chi connectivity index (χ2v) is 2.64. The Kier molecular flexibility index (Phi) is 1.48. The van der Waals surface area contributed by atoms with Crippen LogP contribution in [0, 0.1) is 0 Å². The van der Waals surface area contributed by atoms with E-state index in [-0.39, 0.29) is 11.5 Å². The van der Waals surface area contributed by atoms with Gasteiger partial charge in [-0.05, 0) is 24.3 Å². The molecule has 0 saturated heterocycles. The third-order valence-corrected chi connectivity index (χ3v) is 1.71. The van der Waals surface area contributed by atoms with Crippen LogP contribution in [0.4, 0.5) is 0 Å². The quantitative estimate of drug-likeness (QED) is 0.698. The van der Waals surface area contributed by atoms with Crippen LogP contribution < -0.4 is 0 Å². The van der Waals surface area contributed by atoms with Crippen molar-refractivity contribution in [2.75, 3.05) is 0 Å². The summed E-state index contributed by atoms with van der Waals surface area (Å²) in [5.74, 6) is -1.15. The molecule has 1 aromatic carbocycles. The van der Waals surface area contributed by atoms with E-state index in [1.807, 2.05) is 0 Å². The Morgan fingerprint density at radius 1 is 1.31 bits per heavy atom. The maximum atomic E-state index is 10.5. The monoisotopic (exact) mass is 178 g/mol. The molecule has 4 heteroatoms. The molecule has 0 bridgehead atoms. The van der Waals surface area contributed by atoms with Gasteiger partial charge in [0, 0.05) is 5.39 Å². The van der Waals surface area contributed by atoms with Crippen molar-refractivity contribution in [3.05, 3.63) is 30.0 Å². The van der Waals surface area contributed by atoms with Gasteiger partial charge < -0.3 is 14.6 Å². The number of carbonyl (C=O) groups is 1. The van der Waals surface area contributed by atoms with Crippen LogP contribution in [0.2, 0.25) is 0 Å².